The van der Waals surface area contributed by atoms with Crippen LogP contribution in [0.2, 0.25) is 5.02 Å². The lowest BCUT2D eigenvalue weighted by Gasteiger charge is -2.09. The zero-order valence-corrected chi connectivity index (χ0v) is 13.2. The number of hydrogen-bond acceptors (Lipinski definition) is 4. The van der Waals surface area contributed by atoms with Gasteiger partial charge < -0.3 is 10.6 Å². The number of aryl methyl sites for hydroxylation is 1. The number of carbonyl (C=O) groups is 1. The summed E-state index contributed by atoms with van der Waals surface area (Å²) in [4.78, 5) is 20.4. The van der Waals surface area contributed by atoms with E-state index in [1.54, 1.807) is 19.3 Å². The van der Waals surface area contributed by atoms with Gasteiger partial charge in [-0.25, -0.2) is 9.97 Å². The Morgan fingerprint density at radius 2 is 2.05 bits per heavy atom. The van der Waals surface area contributed by atoms with E-state index in [0.717, 1.165) is 10.0 Å². The van der Waals surface area contributed by atoms with Crippen LogP contribution in [0.4, 0.5) is 11.6 Å². The van der Waals surface area contributed by atoms with E-state index in [9.17, 15) is 4.79 Å². The molecule has 7 heteroatoms. The molecule has 2 aromatic heterocycles. The maximum Gasteiger partial charge on any atom is 0.258 e. The third kappa shape index (κ3) is 3.26. The molecule has 20 heavy (non-hydrogen) atoms. The molecule has 104 valence electrons. The fourth-order valence-electron chi connectivity index (χ4n) is 1.60. The van der Waals surface area contributed by atoms with E-state index in [4.69, 9.17) is 11.6 Å². The Morgan fingerprint density at radius 1 is 1.30 bits per heavy atom. The van der Waals surface area contributed by atoms with Gasteiger partial charge in [0.25, 0.3) is 5.91 Å². The van der Waals surface area contributed by atoms with E-state index < -0.39 is 0 Å². The Bertz CT molecular complexity index is 663. The van der Waals surface area contributed by atoms with E-state index in [0.29, 0.717) is 17.2 Å². The Kier molecular flexibility index (Phi) is 4.57. The van der Waals surface area contributed by atoms with Gasteiger partial charge in [0.1, 0.15) is 11.6 Å². The lowest BCUT2D eigenvalue weighted by atomic mass is 10.2. The number of aromatic nitrogens is 2. The molecule has 2 aromatic rings. The van der Waals surface area contributed by atoms with Crippen LogP contribution in [0.3, 0.4) is 0 Å². The van der Waals surface area contributed by atoms with Crippen molar-refractivity contribution in [2.45, 2.75) is 6.92 Å². The van der Waals surface area contributed by atoms with Gasteiger partial charge in [0.15, 0.2) is 0 Å². The Labute approximate surface area is 129 Å². The largest absolute Gasteiger partial charge is 0.373 e. The summed E-state index contributed by atoms with van der Waals surface area (Å²) in [5, 5.41) is 5.88. The molecule has 0 unspecified atom stereocenters. The highest BCUT2D eigenvalue weighted by Gasteiger charge is 2.13. The van der Waals surface area contributed by atoms with Crippen molar-refractivity contribution in [2.24, 2.45) is 0 Å². The van der Waals surface area contributed by atoms with Crippen LogP contribution in [-0.4, -0.2) is 22.9 Å². The van der Waals surface area contributed by atoms with E-state index in [1.165, 1.54) is 6.20 Å². The Balaban J connectivity index is 2.28. The number of nitrogens with zero attached hydrogens (tertiary/aromatic N) is 2. The number of halogens is 2. The molecule has 2 heterocycles. The number of hydrogen-bond donors (Lipinski definition) is 2. The topological polar surface area (TPSA) is 66.9 Å². The molecule has 2 rings (SSSR count). The molecule has 0 fully saturated rings. The summed E-state index contributed by atoms with van der Waals surface area (Å²) >= 11 is 9.33. The predicted octanol–water partition coefficient (Wildman–Crippen LogP) is 3.49. The lowest BCUT2D eigenvalue weighted by molar-refractivity contribution is 0.102. The average Bonchev–Trinajstić information content (AvgIpc) is 2.42. The molecule has 0 spiro atoms. The zero-order valence-electron chi connectivity index (χ0n) is 10.9. The minimum absolute atomic E-state index is 0.288. The van der Waals surface area contributed by atoms with Gasteiger partial charge >= 0.3 is 0 Å². The highest BCUT2D eigenvalue weighted by molar-refractivity contribution is 9.10. The molecule has 0 atom stereocenters. The fraction of sp³-hybridized carbons (Fsp3) is 0.154. The summed E-state index contributed by atoms with van der Waals surface area (Å²) in [5.74, 6) is 0.740. The van der Waals surface area contributed by atoms with Gasteiger partial charge in [-0.3, -0.25) is 4.79 Å². The molecule has 2 N–H and O–H groups in total. The summed E-state index contributed by atoms with van der Waals surface area (Å²) in [7, 11) is 1.72. The number of nitrogens with one attached hydrogen (secondary N) is 2. The van der Waals surface area contributed by atoms with Gasteiger partial charge in [-0.2, -0.15) is 0 Å². The van der Waals surface area contributed by atoms with Crippen LogP contribution in [-0.2, 0) is 0 Å². The van der Waals surface area contributed by atoms with Crippen LogP contribution in [0, 0.1) is 6.92 Å². The van der Waals surface area contributed by atoms with Crippen LogP contribution >= 0.6 is 27.5 Å². The second-order valence-corrected chi connectivity index (χ2v) is 5.40. The van der Waals surface area contributed by atoms with Crippen LogP contribution in [0.5, 0.6) is 0 Å². The van der Waals surface area contributed by atoms with Crippen LogP contribution in [0.25, 0.3) is 0 Å². The highest BCUT2D eigenvalue weighted by Crippen LogP contribution is 2.21. The van der Waals surface area contributed by atoms with Gasteiger partial charge in [-0.1, -0.05) is 11.6 Å². The van der Waals surface area contributed by atoms with Crippen molar-refractivity contribution >= 4 is 45.1 Å². The van der Waals surface area contributed by atoms with E-state index in [1.807, 2.05) is 13.0 Å². The van der Waals surface area contributed by atoms with Gasteiger partial charge in [-0.05, 0) is 40.5 Å². The molecule has 1 amide bonds. The SMILES string of the molecule is CNc1cc(C(=O)Nc2ncc(Br)cc2C)c(Cl)cn1. The first kappa shape index (κ1) is 14.7. The summed E-state index contributed by atoms with van der Waals surface area (Å²) in [6, 6.07) is 3.46. The number of pyridine rings is 2. The molecule has 0 saturated carbocycles. The second kappa shape index (κ2) is 6.19. The summed E-state index contributed by atoms with van der Waals surface area (Å²) in [6.07, 6.45) is 3.06. The van der Waals surface area contributed by atoms with E-state index in [-0.39, 0.29) is 10.9 Å². The first-order chi connectivity index (χ1) is 9.51. The second-order valence-electron chi connectivity index (χ2n) is 4.07. The Morgan fingerprint density at radius 3 is 2.70 bits per heavy atom. The fourth-order valence-corrected chi connectivity index (χ4v) is 2.23. The molecule has 0 aliphatic rings. The third-order valence-corrected chi connectivity index (χ3v) is 3.37. The molecule has 0 aliphatic heterocycles. The van der Waals surface area contributed by atoms with Crippen LogP contribution < -0.4 is 10.6 Å². The quantitative estimate of drug-likeness (QED) is 0.884. The smallest absolute Gasteiger partial charge is 0.258 e. The third-order valence-electron chi connectivity index (χ3n) is 2.63. The first-order valence-electron chi connectivity index (χ1n) is 5.78. The first-order valence-corrected chi connectivity index (χ1v) is 6.95. The minimum Gasteiger partial charge on any atom is -0.373 e. The summed E-state index contributed by atoms with van der Waals surface area (Å²) in [5.41, 5.74) is 1.20. The molecule has 0 bridgehead atoms. The maximum atomic E-state index is 12.2. The molecule has 0 radical (unpaired) electrons. The molecular weight excluding hydrogens is 344 g/mol. The standard InChI is InChI=1S/C13H12BrClN4O/c1-7-3-8(14)5-18-12(7)19-13(20)9-4-11(16-2)17-6-10(9)15/h3-6H,1-2H3,(H,16,17)(H,18,19,20). The molecule has 0 saturated heterocycles. The lowest BCUT2D eigenvalue weighted by Crippen LogP contribution is -2.15. The number of rotatable bonds is 3. The van der Waals surface area contributed by atoms with Crippen molar-refractivity contribution in [3.05, 3.63) is 45.1 Å². The molecule has 0 aromatic carbocycles. The van der Waals surface area contributed by atoms with Gasteiger partial charge in [-0.15, -0.1) is 0 Å². The highest BCUT2D eigenvalue weighted by atomic mass is 79.9. The molecule has 5 nitrogen and oxygen atoms in total. The normalized spacial score (nSPS) is 10.2. The van der Waals surface area contributed by atoms with Crippen LogP contribution in [0.1, 0.15) is 15.9 Å². The summed E-state index contributed by atoms with van der Waals surface area (Å²) in [6.45, 7) is 1.86. The van der Waals surface area contributed by atoms with Crippen molar-refractivity contribution in [1.82, 2.24) is 9.97 Å². The van der Waals surface area contributed by atoms with Crippen molar-refractivity contribution in [3.63, 3.8) is 0 Å². The van der Waals surface area contributed by atoms with Crippen LogP contribution in [0.15, 0.2) is 29.0 Å². The van der Waals surface area contributed by atoms with Gasteiger partial charge in [0.05, 0.1) is 10.6 Å². The maximum absolute atomic E-state index is 12.2. The molecule has 0 aliphatic carbocycles. The minimum atomic E-state index is -0.327. The number of amides is 1. The molecular formula is C13H12BrClN4O. The van der Waals surface area contributed by atoms with Crippen molar-refractivity contribution in [1.29, 1.82) is 0 Å². The van der Waals surface area contributed by atoms with E-state index >= 15 is 0 Å². The summed E-state index contributed by atoms with van der Waals surface area (Å²) < 4.78 is 0.854. The average molecular weight is 356 g/mol. The number of anilines is 2. The predicted molar refractivity (Wildman–Crippen MR) is 83.4 cm³/mol. The monoisotopic (exact) mass is 354 g/mol. The zero-order chi connectivity index (χ0) is 14.7. The number of carbonyl (C=O) groups excluding carboxylic acids is 1. The van der Waals surface area contributed by atoms with Gasteiger partial charge in [0.2, 0.25) is 0 Å². The van der Waals surface area contributed by atoms with Crippen molar-refractivity contribution < 1.29 is 4.79 Å². The van der Waals surface area contributed by atoms with E-state index in [2.05, 4.69) is 36.5 Å². The Hall–Kier alpha value is -1.66. The van der Waals surface area contributed by atoms with Crippen molar-refractivity contribution in [2.75, 3.05) is 17.7 Å². The van der Waals surface area contributed by atoms with Crippen molar-refractivity contribution in [3.8, 4) is 0 Å². The van der Waals surface area contributed by atoms with Gasteiger partial charge in [0, 0.05) is 23.9 Å².